The summed E-state index contributed by atoms with van der Waals surface area (Å²) in [6, 6.07) is 9.59. The lowest BCUT2D eigenvalue weighted by molar-refractivity contribution is -0.115. The van der Waals surface area contributed by atoms with Crippen LogP contribution in [0, 0.1) is 11.3 Å². The molecular formula is C13H15N3O. The van der Waals surface area contributed by atoms with E-state index in [9.17, 15) is 4.79 Å². The second-order valence-corrected chi connectivity index (χ2v) is 4.09. The van der Waals surface area contributed by atoms with Gasteiger partial charge in [-0.15, -0.1) is 0 Å². The summed E-state index contributed by atoms with van der Waals surface area (Å²) >= 11 is 0. The van der Waals surface area contributed by atoms with Crippen molar-refractivity contribution >= 4 is 17.3 Å². The molecule has 0 aromatic heterocycles. The number of hydrogen-bond acceptors (Lipinski definition) is 3. The SMILES string of the molecule is N#CCC(=O)Nc1ccccc1N1CCCC1. The van der Waals surface area contributed by atoms with Crippen molar-refractivity contribution in [1.82, 2.24) is 0 Å². The molecule has 0 radical (unpaired) electrons. The Morgan fingerprint density at radius 3 is 2.76 bits per heavy atom. The maximum atomic E-state index is 11.4. The smallest absolute Gasteiger partial charge is 0.238 e. The molecule has 1 N–H and O–H groups in total. The molecule has 1 aliphatic heterocycles. The lowest BCUT2D eigenvalue weighted by atomic mass is 10.2. The molecule has 1 amide bonds. The van der Waals surface area contributed by atoms with E-state index in [0.29, 0.717) is 0 Å². The van der Waals surface area contributed by atoms with Crippen molar-refractivity contribution in [2.45, 2.75) is 19.3 Å². The van der Waals surface area contributed by atoms with Crippen LogP contribution >= 0.6 is 0 Å². The quantitative estimate of drug-likeness (QED) is 0.863. The standard InChI is InChI=1S/C13H15N3O/c14-8-7-13(17)15-11-5-1-2-6-12(11)16-9-3-4-10-16/h1-2,5-6H,3-4,7,9-10H2,(H,15,17). The molecule has 1 aromatic rings. The van der Waals surface area contributed by atoms with E-state index >= 15 is 0 Å². The third-order valence-corrected chi connectivity index (χ3v) is 2.86. The van der Waals surface area contributed by atoms with Gasteiger partial charge in [-0.3, -0.25) is 4.79 Å². The van der Waals surface area contributed by atoms with Crippen molar-refractivity contribution in [3.8, 4) is 6.07 Å². The number of hydrogen-bond donors (Lipinski definition) is 1. The molecule has 0 spiro atoms. The zero-order valence-corrected chi connectivity index (χ0v) is 9.65. The van der Waals surface area contributed by atoms with Gasteiger partial charge in [-0.1, -0.05) is 12.1 Å². The van der Waals surface area contributed by atoms with E-state index in [2.05, 4.69) is 10.2 Å². The molecule has 4 heteroatoms. The molecule has 1 aliphatic rings. The summed E-state index contributed by atoms with van der Waals surface area (Å²) in [6.07, 6.45) is 2.29. The van der Waals surface area contributed by atoms with Gasteiger partial charge in [-0.25, -0.2) is 0 Å². The second-order valence-electron chi connectivity index (χ2n) is 4.09. The number of nitrogens with zero attached hydrogens (tertiary/aromatic N) is 2. The average molecular weight is 229 g/mol. The fraction of sp³-hybridized carbons (Fsp3) is 0.385. The number of anilines is 2. The maximum Gasteiger partial charge on any atom is 0.238 e. The average Bonchev–Trinajstić information content (AvgIpc) is 2.83. The Morgan fingerprint density at radius 2 is 2.06 bits per heavy atom. The topological polar surface area (TPSA) is 56.1 Å². The summed E-state index contributed by atoms with van der Waals surface area (Å²) in [5.41, 5.74) is 1.85. The van der Waals surface area contributed by atoms with Crippen molar-refractivity contribution < 1.29 is 4.79 Å². The van der Waals surface area contributed by atoms with Gasteiger partial charge < -0.3 is 10.2 Å². The van der Waals surface area contributed by atoms with E-state index in [1.807, 2.05) is 30.3 Å². The van der Waals surface area contributed by atoms with Gasteiger partial charge in [0.05, 0.1) is 17.4 Å². The van der Waals surface area contributed by atoms with Crippen LogP contribution in [0.4, 0.5) is 11.4 Å². The Bertz CT molecular complexity index is 444. The number of carbonyl (C=O) groups is 1. The van der Waals surface area contributed by atoms with Gasteiger partial charge in [0.15, 0.2) is 0 Å². The number of rotatable bonds is 3. The fourth-order valence-corrected chi connectivity index (χ4v) is 2.08. The van der Waals surface area contributed by atoms with Crippen molar-refractivity contribution in [3.63, 3.8) is 0 Å². The summed E-state index contributed by atoms with van der Waals surface area (Å²) in [5.74, 6) is -0.251. The van der Waals surface area contributed by atoms with Crippen LogP contribution < -0.4 is 10.2 Å². The van der Waals surface area contributed by atoms with Crippen LogP contribution in [0.1, 0.15) is 19.3 Å². The molecule has 17 heavy (non-hydrogen) atoms. The summed E-state index contributed by atoms with van der Waals surface area (Å²) < 4.78 is 0. The Kier molecular flexibility index (Phi) is 3.61. The van der Waals surface area contributed by atoms with Crippen LogP contribution in [0.15, 0.2) is 24.3 Å². The maximum absolute atomic E-state index is 11.4. The Morgan fingerprint density at radius 1 is 1.35 bits per heavy atom. The highest BCUT2D eigenvalue weighted by atomic mass is 16.1. The van der Waals surface area contributed by atoms with E-state index in [1.165, 1.54) is 12.8 Å². The minimum absolute atomic E-state index is 0.103. The van der Waals surface area contributed by atoms with Gasteiger partial charge in [-0.05, 0) is 25.0 Å². The number of nitrogens with one attached hydrogen (secondary N) is 1. The van der Waals surface area contributed by atoms with E-state index in [0.717, 1.165) is 24.5 Å². The number of carbonyl (C=O) groups excluding carboxylic acids is 1. The molecule has 0 atom stereocenters. The first-order valence-electron chi connectivity index (χ1n) is 5.82. The largest absolute Gasteiger partial charge is 0.370 e. The predicted octanol–water partition coefficient (Wildman–Crippen LogP) is 2.14. The minimum Gasteiger partial charge on any atom is -0.370 e. The Balaban J connectivity index is 2.16. The van der Waals surface area contributed by atoms with E-state index in [4.69, 9.17) is 5.26 Å². The third-order valence-electron chi connectivity index (χ3n) is 2.86. The van der Waals surface area contributed by atoms with Crippen molar-refractivity contribution in [3.05, 3.63) is 24.3 Å². The normalized spacial score (nSPS) is 14.4. The summed E-state index contributed by atoms with van der Waals surface area (Å²) in [4.78, 5) is 13.7. The van der Waals surface area contributed by atoms with Crippen LogP contribution in [0.25, 0.3) is 0 Å². The number of nitriles is 1. The van der Waals surface area contributed by atoms with Gasteiger partial charge in [0, 0.05) is 13.1 Å². The predicted molar refractivity (Wildman–Crippen MR) is 66.7 cm³/mol. The van der Waals surface area contributed by atoms with E-state index in [-0.39, 0.29) is 12.3 Å². The first kappa shape index (κ1) is 11.5. The van der Waals surface area contributed by atoms with Crippen LogP contribution in [-0.4, -0.2) is 19.0 Å². The minimum atomic E-state index is -0.251. The number of benzene rings is 1. The van der Waals surface area contributed by atoms with Crippen molar-refractivity contribution in [1.29, 1.82) is 5.26 Å². The molecule has 2 rings (SSSR count). The summed E-state index contributed by atoms with van der Waals surface area (Å²) in [7, 11) is 0. The molecule has 0 saturated carbocycles. The first-order chi connectivity index (χ1) is 8.31. The summed E-state index contributed by atoms with van der Waals surface area (Å²) in [5, 5.41) is 11.3. The third kappa shape index (κ3) is 2.76. The van der Waals surface area contributed by atoms with E-state index < -0.39 is 0 Å². The zero-order valence-electron chi connectivity index (χ0n) is 9.65. The van der Waals surface area contributed by atoms with Gasteiger partial charge in [0.2, 0.25) is 5.91 Å². The lowest BCUT2D eigenvalue weighted by Gasteiger charge is -2.21. The van der Waals surface area contributed by atoms with Crippen LogP contribution in [-0.2, 0) is 4.79 Å². The van der Waals surface area contributed by atoms with Gasteiger partial charge in [0.1, 0.15) is 6.42 Å². The zero-order chi connectivity index (χ0) is 12.1. The van der Waals surface area contributed by atoms with Gasteiger partial charge >= 0.3 is 0 Å². The van der Waals surface area contributed by atoms with Crippen LogP contribution in [0.5, 0.6) is 0 Å². The molecule has 0 aliphatic carbocycles. The monoisotopic (exact) mass is 229 g/mol. The second kappa shape index (κ2) is 5.35. The highest BCUT2D eigenvalue weighted by molar-refractivity contribution is 5.95. The van der Waals surface area contributed by atoms with Gasteiger partial charge in [0.25, 0.3) is 0 Å². The molecule has 0 unspecified atom stereocenters. The molecule has 0 bridgehead atoms. The lowest BCUT2D eigenvalue weighted by Crippen LogP contribution is -2.20. The molecule has 1 saturated heterocycles. The Hall–Kier alpha value is -2.02. The highest BCUT2D eigenvalue weighted by Crippen LogP contribution is 2.28. The van der Waals surface area contributed by atoms with Crippen LogP contribution in [0.2, 0.25) is 0 Å². The molecule has 1 aromatic carbocycles. The van der Waals surface area contributed by atoms with E-state index in [1.54, 1.807) is 0 Å². The number of para-hydroxylation sites is 2. The summed E-state index contributed by atoms with van der Waals surface area (Å²) in [6.45, 7) is 2.07. The van der Waals surface area contributed by atoms with Crippen molar-refractivity contribution in [2.75, 3.05) is 23.3 Å². The fourth-order valence-electron chi connectivity index (χ4n) is 2.08. The van der Waals surface area contributed by atoms with Crippen molar-refractivity contribution in [2.24, 2.45) is 0 Å². The molecule has 88 valence electrons. The molecular weight excluding hydrogens is 214 g/mol. The molecule has 1 fully saturated rings. The van der Waals surface area contributed by atoms with Gasteiger partial charge in [-0.2, -0.15) is 5.26 Å². The number of amides is 1. The van der Waals surface area contributed by atoms with Crippen LogP contribution in [0.3, 0.4) is 0 Å². The Labute approximate surface area is 101 Å². The highest BCUT2D eigenvalue weighted by Gasteiger charge is 2.16. The first-order valence-corrected chi connectivity index (χ1v) is 5.82. The molecule has 1 heterocycles. The molecule has 4 nitrogen and oxygen atoms in total.